The smallest absolute Gasteiger partial charge is 0.259 e. The number of rotatable bonds is 6. The van der Waals surface area contributed by atoms with Gasteiger partial charge in [-0.1, -0.05) is 55.3 Å². The summed E-state index contributed by atoms with van der Waals surface area (Å²) in [7, 11) is 0. The Balaban J connectivity index is 1.30. The molecule has 0 radical (unpaired) electrons. The van der Waals surface area contributed by atoms with Gasteiger partial charge in [-0.2, -0.15) is 0 Å². The molecule has 2 aliphatic heterocycles. The second-order valence-corrected chi connectivity index (χ2v) is 9.86. The van der Waals surface area contributed by atoms with Gasteiger partial charge in [0.05, 0.1) is 5.69 Å². The second-order valence-electron chi connectivity index (χ2n) is 8.91. The molecule has 2 aromatic carbocycles. The first kappa shape index (κ1) is 22.8. The van der Waals surface area contributed by atoms with Gasteiger partial charge >= 0.3 is 0 Å². The van der Waals surface area contributed by atoms with Gasteiger partial charge in [-0.05, 0) is 49.1 Å². The summed E-state index contributed by atoms with van der Waals surface area (Å²) in [6.07, 6.45) is 6.24. The van der Waals surface area contributed by atoms with Crippen LogP contribution in [0.4, 0.5) is 10.1 Å². The third kappa shape index (κ3) is 4.92. The zero-order valence-electron chi connectivity index (χ0n) is 18.9. The van der Waals surface area contributed by atoms with Crippen LogP contribution in [0.15, 0.2) is 58.5 Å². The summed E-state index contributed by atoms with van der Waals surface area (Å²) < 4.78 is 13.6. The van der Waals surface area contributed by atoms with Crippen LogP contribution in [0.25, 0.3) is 0 Å². The number of carbonyl (C=O) groups excluding carboxylic acids is 2. The molecule has 0 unspecified atom stereocenters. The number of para-hydroxylation sites is 1. The topological polar surface area (TPSA) is 74.1 Å². The molecule has 0 aromatic heterocycles. The van der Waals surface area contributed by atoms with E-state index in [1.54, 1.807) is 11.0 Å². The minimum Gasteiger partial charge on any atom is -0.353 e. The number of aliphatic imine (C=N–C) groups is 2. The number of halogens is 1. The zero-order chi connectivity index (χ0) is 23.5. The minimum atomic E-state index is -0.613. The van der Waals surface area contributed by atoms with Gasteiger partial charge in [0.15, 0.2) is 5.17 Å². The average molecular weight is 479 g/mol. The van der Waals surface area contributed by atoms with E-state index in [-0.39, 0.29) is 30.1 Å². The maximum Gasteiger partial charge on any atom is 0.259 e. The average Bonchev–Trinajstić information content (AvgIpc) is 3.18. The summed E-state index contributed by atoms with van der Waals surface area (Å²) in [5, 5.41) is 3.65. The van der Waals surface area contributed by atoms with Crippen molar-refractivity contribution in [2.75, 3.05) is 0 Å². The Bertz CT molecular complexity index is 1160. The third-order valence-corrected chi connectivity index (χ3v) is 7.43. The Labute approximate surface area is 202 Å². The number of amidine groups is 2. The van der Waals surface area contributed by atoms with Gasteiger partial charge in [0, 0.05) is 23.8 Å². The van der Waals surface area contributed by atoms with Gasteiger partial charge in [0.1, 0.15) is 17.7 Å². The van der Waals surface area contributed by atoms with Crippen molar-refractivity contribution >= 4 is 40.3 Å². The predicted molar refractivity (Wildman–Crippen MR) is 133 cm³/mol. The number of nitrogens with one attached hydrogen (secondary N) is 1. The predicted octanol–water partition coefficient (Wildman–Crippen LogP) is 4.95. The normalized spacial score (nSPS) is 19.9. The summed E-state index contributed by atoms with van der Waals surface area (Å²) in [5.74, 6) is 0.583. The first-order valence-electron chi connectivity index (χ1n) is 11.8. The van der Waals surface area contributed by atoms with E-state index in [4.69, 9.17) is 9.98 Å². The van der Waals surface area contributed by atoms with Gasteiger partial charge in [-0.15, -0.1) is 0 Å². The molecule has 2 aromatic rings. The molecule has 1 fully saturated rings. The van der Waals surface area contributed by atoms with Crippen molar-refractivity contribution in [2.45, 2.75) is 62.8 Å². The first-order chi connectivity index (χ1) is 16.6. The fraction of sp³-hybridized carbons (Fsp3) is 0.385. The largest absolute Gasteiger partial charge is 0.353 e. The van der Waals surface area contributed by atoms with E-state index in [1.165, 1.54) is 30.3 Å². The third-order valence-electron chi connectivity index (χ3n) is 6.42. The molecule has 5 rings (SSSR count). The molecule has 8 heteroatoms. The van der Waals surface area contributed by atoms with Crippen LogP contribution in [0.1, 0.15) is 56.1 Å². The first-order valence-corrected chi connectivity index (χ1v) is 12.8. The fourth-order valence-corrected chi connectivity index (χ4v) is 5.62. The van der Waals surface area contributed by atoms with Crippen LogP contribution in [-0.4, -0.2) is 39.8 Å². The summed E-state index contributed by atoms with van der Waals surface area (Å²) in [6.45, 7) is 0. The molecule has 34 heavy (non-hydrogen) atoms. The van der Waals surface area contributed by atoms with Crippen LogP contribution >= 0.6 is 11.8 Å². The number of benzene rings is 2. The van der Waals surface area contributed by atoms with Crippen molar-refractivity contribution in [3.63, 3.8) is 0 Å². The SMILES string of the molecule is O=C(CC[C@@H]1N=C2c3ccccc3N=C(SCc3cccc(F)c3)N2C1=O)NC1CCCCC1. The number of hydrogen-bond acceptors (Lipinski definition) is 5. The van der Waals surface area contributed by atoms with E-state index >= 15 is 0 Å². The van der Waals surface area contributed by atoms with E-state index < -0.39 is 6.04 Å². The number of thioether (sulfide) groups is 1. The van der Waals surface area contributed by atoms with Gasteiger partial charge in [-0.25, -0.2) is 14.3 Å². The van der Waals surface area contributed by atoms with E-state index in [0.717, 1.165) is 42.5 Å². The molecule has 0 bridgehead atoms. The van der Waals surface area contributed by atoms with Gasteiger partial charge in [0.2, 0.25) is 5.91 Å². The zero-order valence-corrected chi connectivity index (χ0v) is 19.7. The van der Waals surface area contributed by atoms with Crippen molar-refractivity contribution in [3.05, 3.63) is 65.5 Å². The molecular formula is C26H27FN4O2S. The Kier molecular flexibility index (Phi) is 6.76. The molecule has 1 N–H and O–H groups in total. The van der Waals surface area contributed by atoms with Crippen LogP contribution in [0.5, 0.6) is 0 Å². The van der Waals surface area contributed by atoms with Crippen molar-refractivity contribution in [1.82, 2.24) is 10.2 Å². The van der Waals surface area contributed by atoms with Crippen LogP contribution in [-0.2, 0) is 15.3 Å². The Morgan fingerprint density at radius 1 is 1.12 bits per heavy atom. The molecule has 2 amide bonds. The monoisotopic (exact) mass is 478 g/mol. The highest BCUT2D eigenvalue weighted by atomic mass is 32.2. The molecule has 2 heterocycles. The van der Waals surface area contributed by atoms with Crippen LogP contribution in [0.2, 0.25) is 0 Å². The van der Waals surface area contributed by atoms with E-state index in [9.17, 15) is 14.0 Å². The standard InChI is InChI=1S/C26H27FN4O2S/c27-18-8-6-7-17(15-18)16-34-26-30-21-12-5-4-11-20(21)24-29-22(25(33)31(24)26)13-14-23(32)28-19-9-2-1-3-10-19/h4-8,11-12,15,19,22H,1-3,9-10,13-14,16H2,(H,28,32)/t22-/m0/s1. The van der Waals surface area contributed by atoms with Crippen molar-refractivity contribution < 1.29 is 14.0 Å². The highest BCUT2D eigenvalue weighted by Crippen LogP contribution is 2.35. The Morgan fingerprint density at radius 2 is 1.94 bits per heavy atom. The lowest BCUT2D eigenvalue weighted by Crippen LogP contribution is -2.41. The highest BCUT2D eigenvalue weighted by Gasteiger charge is 2.41. The number of fused-ring (bicyclic) bond motifs is 3. The van der Waals surface area contributed by atoms with Gasteiger partial charge in [-0.3, -0.25) is 14.6 Å². The molecule has 1 atom stereocenters. The number of amides is 2. The van der Waals surface area contributed by atoms with E-state index in [1.807, 2.05) is 30.3 Å². The van der Waals surface area contributed by atoms with Gasteiger partial charge < -0.3 is 5.32 Å². The highest BCUT2D eigenvalue weighted by molar-refractivity contribution is 8.13. The molecule has 1 aliphatic carbocycles. The van der Waals surface area contributed by atoms with E-state index in [2.05, 4.69) is 5.32 Å². The van der Waals surface area contributed by atoms with E-state index in [0.29, 0.717) is 23.2 Å². The van der Waals surface area contributed by atoms with Crippen molar-refractivity contribution in [2.24, 2.45) is 9.98 Å². The van der Waals surface area contributed by atoms with Crippen LogP contribution in [0, 0.1) is 5.82 Å². The molecular weight excluding hydrogens is 451 g/mol. The maximum absolute atomic E-state index is 13.6. The Morgan fingerprint density at radius 3 is 2.76 bits per heavy atom. The number of hydrogen-bond donors (Lipinski definition) is 1. The summed E-state index contributed by atoms with van der Waals surface area (Å²) >= 11 is 1.38. The minimum absolute atomic E-state index is 0.0143. The molecule has 0 saturated heterocycles. The van der Waals surface area contributed by atoms with Crippen LogP contribution in [0.3, 0.4) is 0 Å². The quantitative estimate of drug-likeness (QED) is 0.639. The summed E-state index contributed by atoms with van der Waals surface area (Å²) in [4.78, 5) is 36.9. The molecule has 0 spiro atoms. The maximum atomic E-state index is 13.6. The van der Waals surface area contributed by atoms with Gasteiger partial charge in [0.25, 0.3) is 5.91 Å². The fourth-order valence-electron chi connectivity index (χ4n) is 4.68. The summed E-state index contributed by atoms with van der Waals surface area (Å²) in [6, 6.07) is 13.7. The summed E-state index contributed by atoms with van der Waals surface area (Å²) in [5.41, 5.74) is 2.37. The van der Waals surface area contributed by atoms with Crippen molar-refractivity contribution in [3.8, 4) is 0 Å². The molecule has 176 valence electrons. The molecule has 1 saturated carbocycles. The van der Waals surface area contributed by atoms with Crippen LogP contribution < -0.4 is 5.32 Å². The lowest BCUT2D eigenvalue weighted by Gasteiger charge is -2.25. The second kappa shape index (κ2) is 10.1. The number of carbonyl (C=O) groups is 2. The molecule has 6 nitrogen and oxygen atoms in total. The van der Waals surface area contributed by atoms with Crippen molar-refractivity contribution in [1.29, 1.82) is 0 Å². The lowest BCUT2D eigenvalue weighted by atomic mass is 9.95. The Hall–Kier alpha value is -3.00. The lowest BCUT2D eigenvalue weighted by molar-refractivity contribution is -0.125. The number of nitrogens with zero attached hydrogens (tertiary/aromatic N) is 3. The molecule has 3 aliphatic rings.